The molecular formula is C11H16N2OS. The van der Waals surface area contributed by atoms with Crippen LogP contribution in [0.25, 0.3) is 0 Å². The first-order valence-corrected chi connectivity index (χ1v) is 6.29. The van der Waals surface area contributed by atoms with E-state index in [-0.39, 0.29) is 0 Å². The molecule has 0 aromatic carbocycles. The van der Waals surface area contributed by atoms with E-state index in [1.807, 2.05) is 0 Å². The topological polar surface area (TPSA) is 33.2 Å². The maximum atomic E-state index is 10.5. The SMILES string of the molecule is CCN1CCCC1Cc1ncc(C=O)s1. The zero-order valence-corrected chi connectivity index (χ0v) is 9.80. The number of likely N-dealkylation sites (tertiary alicyclic amines) is 1. The molecule has 1 unspecified atom stereocenters. The van der Waals surface area contributed by atoms with Crippen molar-refractivity contribution in [2.24, 2.45) is 0 Å². The molecule has 0 aliphatic carbocycles. The fraction of sp³-hybridized carbons (Fsp3) is 0.636. The van der Waals surface area contributed by atoms with Gasteiger partial charge in [0.15, 0.2) is 6.29 Å². The first kappa shape index (κ1) is 10.8. The Morgan fingerprint density at radius 3 is 3.27 bits per heavy atom. The number of carbonyl (C=O) groups is 1. The summed E-state index contributed by atoms with van der Waals surface area (Å²) in [5, 5.41) is 1.10. The summed E-state index contributed by atoms with van der Waals surface area (Å²) in [5.74, 6) is 0. The van der Waals surface area contributed by atoms with Gasteiger partial charge >= 0.3 is 0 Å². The number of hydrogen-bond acceptors (Lipinski definition) is 4. The normalized spacial score (nSPS) is 22.1. The van der Waals surface area contributed by atoms with E-state index in [0.29, 0.717) is 6.04 Å². The van der Waals surface area contributed by atoms with E-state index in [2.05, 4.69) is 16.8 Å². The third-order valence-electron chi connectivity index (χ3n) is 3.00. The lowest BCUT2D eigenvalue weighted by atomic mass is 10.1. The first-order valence-electron chi connectivity index (χ1n) is 5.47. The Kier molecular flexibility index (Phi) is 3.49. The number of hydrogen-bond donors (Lipinski definition) is 0. The summed E-state index contributed by atoms with van der Waals surface area (Å²) in [6.07, 6.45) is 6.13. The lowest BCUT2D eigenvalue weighted by Gasteiger charge is -2.21. The summed E-state index contributed by atoms with van der Waals surface area (Å²) >= 11 is 1.53. The Labute approximate surface area is 94.1 Å². The van der Waals surface area contributed by atoms with E-state index in [1.54, 1.807) is 6.20 Å². The molecule has 4 heteroatoms. The number of carbonyl (C=O) groups excluding carboxylic acids is 1. The molecule has 1 aliphatic rings. The van der Waals surface area contributed by atoms with Crippen LogP contribution >= 0.6 is 11.3 Å². The highest BCUT2D eigenvalue weighted by Crippen LogP contribution is 2.22. The van der Waals surface area contributed by atoms with Crippen molar-refractivity contribution in [1.29, 1.82) is 0 Å². The van der Waals surface area contributed by atoms with Crippen molar-refractivity contribution in [3.05, 3.63) is 16.1 Å². The minimum atomic E-state index is 0.639. The molecule has 0 N–H and O–H groups in total. The van der Waals surface area contributed by atoms with E-state index in [4.69, 9.17) is 0 Å². The predicted molar refractivity (Wildman–Crippen MR) is 61.5 cm³/mol. The zero-order valence-electron chi connectivity index (χ0n) is 8.98. The zero-order chi connectivity index (χ0) is 10.7. The molecule has 0 bridgehead atoms. The van der Waals surface area contributed by atoms with Gasteiger partial charge in [0, 0.05) is 18.7 Å². The van der Waals surface area contributed by atoms with Crippen molar-refractivity contribution in [1.82, 2.24) is 9.88 Å². The molecule has 1 aromatic heterocycles. The number of thiazole rings is 1. The van der Waals surface area contributed by atoms with Crippen molar-refractivity contribution in [2.45, 2.75) is 32.2 Å². The summed E-state index contributed by atoms with van der Waals surface area (Å²) in [4.78, 5) is 18.1. The molecular weight excluding hydrogens is 208 g/mol. The van der Waals surface area contributed by atoms with Crippen LogP contribution in [-0.4, -0.2) is 35.3 Å². The summed E-state index contributed by atoms with van der Waals surface area (Å²) in [6.45, 7) is 4.54. The minimum Gasteiger partial charge on any atom is -0.300 e. The smallest absolute Gasteiger partial charge is 0.161 e. The van der Waals surface area contributed by atoms with Gasteiger partial charge in [-0.3, -0.25) is 4.79 Å². The van der Waals surface area contributed by atoms with Crippen molar-refractivity contribution in [3.63, 3.8) is 0 Å². The third kappa shape index (κ3) is 2.44. The van der Waals surface area contributed by atoms with Gasteiger partial charge in [0.05, 0.1) is 9.88 Å². The Hall–Kier alpha value is -0.740. The maximum absolute atomic E-state index is 10.5. The largest absolute Gasteiger partial charge is 0.300 e. The van der Waals surface area contributed by atoms with Crippen LogP contribution in [0.5, 0.6) is 0 Å². The molecule has 15 heavy (non-hydrogen) atoms. The average molecular weight is 224 g/mol. The monoisotopic (exact) mass is 224 g/mol. The van der Waals surface area contributed by atoms with Gasteiger partial charge in [0.25, 0.3) is 0 Å². The lowest BCUT2D eigenvalue weighted by molar-refractivity contribution is 0.112. The Balaban J connectivity index is 1.98. The molecule has 3 nitrogen and oxygen atoms in total. The molecule has 1 atom stereocenters. The molecule has 0 radical (unpaired) electrons. The highest BCUT2D eigenvalue weighted by Gasteiger charge is 2.23. The van der Waals surface area contributed by atoms with Gasteiger partial charge in [-0.1, -0.05) is 6.92 Å². The van der Waals surface area contributed by atoms with Crippen molar-refractivity contribution in [3.8, 4) is 0 Å². The highest BCUT2D eigenvalue weighted by atomic mass is 32.1. The van der Waals surface area contributed by atoms with Gasteiger partial charge in [0.1, 0.15) is 0 Å². The predicted octanol–water partition coefficient (Wildman–Crippen LogP) is 1.98. The van der Waals surface area contributed by atoms with Gasteiger partial charge in [-0.25, -0.2) is 4.98 Å². The van der Waals surface area contributed by atoms with Gasteiger partial charge in [-0.05, 0) is 25.9 Å². The van der Waals surface area contributed by atoms with E-state index >= 15 is 0 Å². The molecule has 1 saturated heterocycles. The van der Waals surface area contributed by atoms with E-state index in [1.165, 1.54) is 30.7 Å². The molecule has 2 heterocycles. The van der Waals surface area contributed by atoms with Gasteiger partial charge < -0.3 is 4.90 Å². The molecule has 1 aromatic rings. The second kappa shape index (κ2) is 4.86. The van der Waals surface area contributed by atoms with Crippen molar-refractivity contribution >= 4 is 17.6 Å². The van der Waals surface area contributed by atoms with Gasteiger partial charge in [-0.2, -0.15) is 0 Å². The number of aromatic nitrogens is 1. The molecule has 0 amide bonds. The third-order valence-corrected chi connectivity index (χ3v) is 3.95. The van der Waals surface area contributed by atoms with Crippen LogP contribution in [0, 0.1) is 0 Å². The van der Waals surface area contributed by atoms with Crippen LogP contribution in [0.15, 0.2) is 6.20 Å². The molecule has 2 rings (SSSR count). The number of likely N-dealkylation sites (N-methyl/N-ethyl adjacent to an activating group) is 1. The van der Waals surface area contributed by atoms with Crippen molar-refractivity contribution in [2.75, 3.05) is 13.1 Å². The Morgan fingerprint density at radius 2 is 2.60 bits per heavy atom. The van der Waals surface area contributed by atoms with Crippen LogP contribution in [0.3, 0.4) is 0 Å². The summed E-state index contributed by atoms with van der Waals surface area (Å²) < 4.78 is 0. The average Bonchev–Trinajstić information content (AvgIpc) is 2.87. The summed E-state index contributed by atoms with van der Waals surface area (Å²) in [7, 11) is 0. The number of rotatable bonds is 4. The first-order chi connectivity index (χ1) is 7.33. The van der Waals surface area contributed by atoms with Crippen LogP contribution in [0.2, 0.25) is 0 Å². The molecule has 0 saturated carbocycles. The second-order valence-electron chi connectivity index (χ2n) is 3.90. The van der Waals surface area contributed by atoms with Crippen molar-refractivity contribution < 1.29 is 4.79 Å². The molecule has 1 fully saturated rings. The standard InChI is InChI=1S/C11H16N2OS/c1-2-13-5-3-4-9(13)6-11-12-7-10(8-14)15-11/h7-9H,2-6H2,1H3. The van der Waals surface area contributed by atoms with E-state index in [9.17, 15) is 4.79 Å². The van der Waals surface area contributed by atoms with Gasteiger partial charge in [-0.15, -0.1) is 11.3 Å². The van der Waals surface area contributed by atoms with Crippen LogP contribution in [0.4, 0.5) is 0 Å². The molecule has 0 spiro atoms. The minimum absolute atomic E-state index is 0.639. The van der Waals surface area contributed by atoms with Gasteiger partial charge in [0.2, 0.25) is 0 Å². The maximum Gasteiger partial charge on any atom is 0.161 e. The van der Waals surface area contributed by atoms with Crippen LogP contribution in [0.1, 0.15) is 34.4 Å². The Bertz CT molecular complexity index is 337. The second-order valence-corrected chi connectivity index (χ2v) is 5.05. The highest BCUT2D eigenvalue weighted by molar-refractivity contribution is 7.13. The fourth-order valence-electron chi connectivity index (χ4n) is 2.22. The van der Waals surface area contributed by atoms with E-state index in [0.717, 1.165) is 29.1 Å². The molecule has 1 aliphatic heterocycles. The number of aldehydes is 1. The van der Waals surface area contributed by atoms with E-state index < -0.39 is 0 Å². The summed E-state index contributed by atoms with van der Waals surface area (Å²) in [5.41, 5.74) is 0. The summed E-state index contributed by atoms with van der Waals surface area (Å²) in [6, 6.07) is 0.639. The quantitative estimate of drug-likeness (QED) is 0.733. The Morgan fingerprint density at radius 1 is 1.73 bits per heavy atom. The fourth-order valence-corrected chi connectivity index (χ4v) is 3.02. The van der Waals surface area contributed by atoms with Crippen LogP contribution < -0.4 is 0 Å². The number of nitrogens with zero attached hydrogens (tertiary/aromatic N) is 2. The molecule has 82 valence electrons. The van der Waals surface area contributed by atoms with Crippen LogP contribution in [-0.2, 0) is 6.42 Å². The lowest BCUT2D eigenvalue weighted by Crippen LogP contribution is -2.30.